The largest absolute Gasteiger partial charge is 0.497 e. The molecule has 116 valence electrons. The zero-order valence-electron chi connectivity index (χ0n) is 13.0. The molecular weight excluding hydrogens is 264 g/mol. The second-order valence-electron chi connectivity index (χ2n) is 5.88. The molecule has 0 aliphatic carbocycles. The van der Waals surface area contributed by atoms with Gasteiger partial charge in [-0.1, -0.05) is 19.1 Å². The molecule has 2 N–H and O–H groups in total. The van der Waals surface area contributed by atoms with E-state index in [2.05, 4.69) is 17.6 Å². The first-order valence-corrected chi connectivity index (χ1v) is 7.80. The van der Waals surface area contributed by atoms with E-state index in [1.54, 1.807) is 7.11 Å². The van der Waals surface area contributed by atoms with Gasteiger partial charge in [0.25, 0.3) is 0 Å². The molecule has 1 saturated heterocycles. The van der Waals surface area contributed by atoms with Crippen LogP contribution in [0.15, 0.2) is 24.3 Å². The highest BCUT2D eigenvalue weighted by Gasteiger charge is 2.15. The van der Waals surface area contributed by atoms with Gasteiger partial charge < -0.3 is 15.4 Å². The first kappa shape index (κ1) is 15.8. The van der Waals surface area contributed by atoms with Gasteiger partial charge in [0, 0.05) is 13.0 Å². The van der Waals surface area contributed by atoms with E-state index in [0.29, 0.717) is 6.42 Å². The molecule has 1 aromatic rings. The van der Waals surface area contributed by atoms with Crippen molar-refractivity contribution in [2.24, 2.45) is 5.92 Å². The second-order valence-corrected chi connectivity index (χ2v) is 5.88. The lowest BCUT2D eigenvalue weighted by Crippen LogP contribution is -2.27. The van der Waals surface area contributed by atoms with E-state index in [9.17, 15) is 4.79 Å². The summed E-state index contributed by atoms with van der Waals surface area (Å²) in [6.45, 7) is 5.09. The summed E-state index contributed by atoms with van der Waals surface area (Å²) in [6.07, 6.45) is 2.85. The van der Waals surface area contributed by atoms with Gasteiger partial charge in [-0.05, 0) is 55.5 Å². The van der Waals surface area contributed by atoms with Crippen molar-refractivity contribution in [3.63, 3.8) is 0 Å². The van der Waals surface area contributed by atoms with Gasteiger partial charge >= 0.3 is 0 Å². The van der Waals surface area contributed by atoms with E-state index in [4.69, 9.17) is 4.74 Å². The minimum absolute atomic E-state index is 0.143. The van der Waals surface area contributed by atoms with Crippen molar-refractivity contribution in [1.29, 1.82) is 0 Å². The number of carbonyl (C=O) groups excluding carboxylic acids is 1. The Labute approximate surface area is 127 Å². The van der Waals surface area contributed by atoms with Crippen LogP contribution in [-0.2, 0) is 4.79 Å². The molecule has 1 fully saturated rings. The number of benzene rings is 1. The Morgan fingerprint density at radius 2 is 2.19 bits per heavy atom. The summed E-state index contributed by atoms with van der Waals surface area (Å²) >= 11 is 0. The normalized spacial score (nSPS) is 19.2. The monoisotopic (exact) mass is 290 g/mol. The van der Waals surface area contributed by atoms with Crippen LogP contribution in [0.3, 0.4) is 0 Å². The fraction of sp³-hybridized carbons (Fsp3) is 0.588. The van der Waals surface area contributed by atoms with Crippen molar-refractivity contribution >= 4 is 5.91 Å². The average Bonchev–Trinajstić information content (AvgIpc) is 3.00. The molecule has 1 heterocycles. The van der Waals surface area contributed by atoms with E-state index in [0.717, 1.165) is 37.7 Å². The highest BCUT2D eigenvalue weighted by atomic mass is 16.5. The van der Waals surface area contributed by atoms with Crippen LogP contribution in [0, 0.1) is 5.92 Å². The van der Waals surface area contributed by atoms with Crippen LogP contribution in [0.5, 0.6) is 5.75 Å². The van der Waals surface area contributed by atoms with Crippen molar-refractivity contribution in [3.8, 4) is 5.75 Å². The van der Waals surface area contributed by atoms with Crippen LogP contribution < -0.4 is 15.4 Å². The number of carbonyl (C=O) groups is 1. The number of amides is 1. The first-order valence-electron chi connectivity index (χ1n) is 7.80. The fourth-order valence-corrected chi connectivity index (χ4v) is 2.78. The molecule has 0 saturated carbocycles. The van der Waals surface area contributed by atoms with Crippen LogP contribution in [0.25, 0.3) is 0 Å². The van der Waals surface area contributed by atoms with Gasteiger partial charge in [-0.3, -0.25) is 4.79 Å². The molecule has 0 bridgehead atoms. The Bertz CT molecular complexity index is 439. The van der Waals surface area contributed by atoms with E-state index < -0.39 is 0 Å². The molecule has 2 rings (SSSR count). The molecular formula is C17H26N2O2. The van der Waals surface area contributed by atoms with E-state index in [1.165, 1.54) is 12.0 Å². The minimum atomic E-state index is 0.143. The second kappa shape index (κ2) is 8.03. The van der Waals surface area contributed by atoms with Crippen LogP contribution >= 0.6 is 0 Å². The van der Waals surface area contributed by atoms with E-state index in [1.807, 2.05) is 24.3 Å². The van der Waals surface area contributed by atoms with E-state index in [-0.39, 0.29) is 11.8 Å². The van der Waals surface area contributed by atoms with Gasteiger partial charge in [0.2, 0.25) is 5.91 Å². The number of ether oxygens (including phenoxy) is 1. The smallest absolute Gasteiger partial charge is 0.220 e. The zero-order chi connectivity index (χ0) is 15.1. The highest BCUT2D eigenvalue weighted by molar-refractivity contribution is 5.76. The molecule has 2 atom stereocenters. The number of methoxy groups -OCH3 is 1. The third-order valence-electron chi connectivity index (χ3n) is 4.21. The molecule has 1 aliphatic heterocycles. The maximum Gasteiger partial charge on any atom is 0.220 e. The number of hydrogen-bond acceptors (Lipinski definition) is 3. The fourth-order valence-electron chi connectivity index (χ4n) is 2.78. The summed E-state index contributed by atoms with van der Waals surface area (Å²) in [4.78, 5) is 12.0. The Morgan fingerprint density at radius 1 is 1.43 bits per heavy atom. The van der Waals surface area contributed by atoms with Crippen molar-refractivity contribution in [3.05, 3.63) is 29.8 Å². The van der Waals surface area contributed by atoms with Crippen LogP contribution in [-0.4, -0.2) is 32.7 Å². The van der Waals surface area contributed by atoms with Gasteiger partial charge in [0.1, 0.15) is 5.75 Å². The molecule has 1 amide bonds. The molecule has 21 heavy (non-hydrogen) atoms. The third-order valence-corrected chi connectivity index (χ3v) is 4.21. The van der Waals surface area contributed by atoms with Gasteiger partial charge in [-0.2, -0.15) is 0 Å². The summed E-state index contributed by atoms with van der Waals surface area (Å²) in [7, 11) is 1.66. The topological polar surface area (TPSA) is 50.4 Å². The van der Waals surface area contributed by atoms with Crippen molar-refractivity contribution in [2.45, 2.75) is 32.1 Å². The lowest BCUT2D eigenvalue weighted by atomic mass is 9.97. The van der Waals surface area contributed by atoms with Crippen molar-refractivity contribution < 1.29 is 9.53 Å². The summed E-state index contributed by atoms with van der Waals surface area (Å²) in [6, 6.07) is 7.94. The Morgan fingerprint density at radius 3 is 2.81 bits per heavy atom. The summed E-state index contributed by atoms with van der Waals surface area (Å²) in [5.41, 5.74) is 1.17. The van der Waals surface area contributed by atoms with Gasteiger partial charge in [0.05, 0.1) is 7.11 Å². The number of hydrogen-bond donors (Lipinski definition) is 2. The third kappa shape index (κ3) is 5.05. The standard InChI is InChI=1S/C17H26N2O2/c1-13(15-3-5-16(21-2)6-4-15)11-17(20)19-10-8-14-7-9-18-12-14/h3-6,13-14,18H,7-12H2,1-2H3,(H,19,20). The maximum absolute atomic E-state index is 12.0. The van der Waals surface area contributed by atoms with Gasteiger partial charge in [-0.25, -0.2) is 0 Å². The number of rotatable bonds is 7. The predicted molar refractivity (Wildman–Crippen MR) is 84.6 cm³/mol. The Kier molecular flexibility index (Phi) is 6.05. The molecule has 0 aromatic heterocycles. The molecule has 0 spiro atoms. The molecule has 2 unspecified atom stereocenters. The van der Waals surface area contributed by atoms with E-state index >= 15 is 0 Å². The van der Waals surface area contributed by atoms with Crippen molar-refractivity contribution in [1.82, 2.24) is 10.6 Å². The molecule has 4 nitrogen and oxygen atoms in total. The molecule has 1 aliphatic rings. The zero-order valence-corrected chi connectivity index (χ0v) is 13.0. The van der Waals surface area contributed by atoms with Gasteiger partial charge in [-0.15, -0.1) is 0 Å². The molecule has 4 heteroatoms. The summed E-state index contributed by atoms with van der Waals surface area (Å²) in [5.74, 6) is 1.94. The molecule has 1 aromatic carbocycles. The maximum atomic E-state index is 12.0. The molecule has 0 radical (unpaired) electrons. The predicted octanol–water partition coefficient (Wildman–Crippen LogP) is 2.30. The van der Waals surface area contributed by atoms with Crippen LogP contribution in [0.1, 0.15) is 37.7 Å². The van der Waals surface area contributed by atoms with Gasteiger partial charge in [0.15, 0.2) is 0 Å². The average molecular weight is 290 g/mol. The summed E-state index contributed by atoms with van der Waals surface area (Å²) in [5, 5.41) is 6.39. The Balaban J connectivity index is 1.70. The van der Waals surface area contributed by atoms with Crippen molar-refractivity contribution in [2.75, 3.05) is 26.7 Å². The van der Waals surface area contributed by atoms with Crippen LogP contribution in [0.4, 0.5) is 0 Å². The SMILES string of the molecule is COc1ccc(C(C)CC(=O)NCCC2CCNC2)cc1. The quantitative estimate of drug-likeness (QED) is 0.810. The number of nitrogens with one attached hydrogen (secondary N) is 2. The highest BCUT2D eigenvalue weighted by Crippen LogP contribution is 2.21. The lowest BCUT2D eigenvalue weighted by molar-refractivity contribution is -0.121. The van der Waals surface area contributed by atoms with Crippen LogP contribution in [0.2, 0.25) is 0 Å². The minimum Gasteiger partial charge on any atom is -0.497 e. The lowest BCUT2D eigenvalue weighted by Gasteiger charge is -2.13. The Hall–Kier alpha value is -1.55. The summed E-state index contributed by atoms with van der Waals surface area (Å²) < 4.78 is 5.15. The first-order chi connectivity index (χ1) is 10.2.